The lowest BCUT2D eigenvalue weighted by Gasteiger charge is -2.56. The van der Waals surface area contributed by atoms with Gasteiger partial charge in [-0.15, -0.1) is 0 Å². The van der Waals surface area contributed by atoms with Crippen molar-refractivity contribution in [1.29, 1.82) is 0 Å². The Morgan fingerprint density at radius 3 is 2.09 bits per heavy atom. The molecule has 3 saturated carbocycles. The van der Waals surface area contributed by atoms with Crippen LogP contribution in [0, 0.1) is 34.5 Å². The Labute approximate surface area is 213 Å². The Morgan fingerprint density at radius 1 is 0.853 bits per heavy atom. The normalized spacial score (nSPS) is 39.0. The summed E-state index contributed by atoms with van der Waals surface area (Å²) in [5.74, 6) is 3.41. The maximum atomic E-state index is 7.31. The van der Waals surface area contributed by atoms with Gasteiger partial charge in [-0.1, -0.05) is 99.0 Å². The summed E-state index contributed by atoms with van der Waals surface area (Å²) in [4.78, 5) is 0. The fourth-order valence-electron chi connectivity index (χ4n) is 10.0. The molecule has 7 atom stereocenters. The summed E-state index contributed by atoms with van der Waals surface area (Å²) in [5.41, 5.74) is 6.49. The lowest BCUT2D eigenvalue weighted by molar-refractivity contribution is 0.0345. The van der Waals surface area contributed by atoms with Crippen molar-refractivity contribution in [1.82, 2.24) is 0 Å². The van der Waals surface area contributed by atoms with E-state index in [0.717, 1.165) is 23.7 Å². The summed E-state index contributed by atoms with van der Waals surface area (Å²) in [7, 11) is -1.82. The van der Waals surface area contributed by atoms with Crippen molar-refractivity contribution in [3.63, 3.8) is 0 Å². The van der Waals surface area contributed by atoms with Crippen LogP contribution in [0.1, 0.15) is 121 Å². The molecule has 1 nitrogen and oxygen atoms in total. The Balaban J connectivity index is 1.58. The van der Waals surface area contributed by atoms with Gasteiger partial charge in [-0.05, 0) is 96.1 Å². The van der Waals surface area contributed by atoms with Crippen LogP contribution in [0.4, 0.5) is 0 Å². The van der Waals surface area contributed by atoms with Gasteiger partial charge < -0.3 is 4.43 Å². The van der Waals surface area contributed by atoms with Crippen molar-refractivity contribution in [3.05, 3.63) is 23.3 Å². The van der Waals surface area contributed by atoms with E-state index in [-0.39, 0.29) is 0 Å². The van der Waals surface area contributed by atoms with Crippen LogP contribution in [0.5, 0.6) is 0 Å². The first kappa shape index (κ1) is 26.7. The van der Waals surface area contributed by atoms with Crippen molar-refractivity contribution >= 4 is 8.32 Å². The van der Waals surface area contributed by atoms with E-state index in [9.17, 15) is 0 Å². The summed E-state index contributed by atoms with van der Waals surface area (Å²) in [5, 5.41) is 0. The maximum absolute atomic E-state index is 7.31. The van der Waals surface area contributed by atoms with Crippen LogP contribution in [0.2, 0.25) is 16.6 Å². The first-order chi connectivity index (χ1) is 15.9. The largest absolute Gasteiger partial charge is 0.413 e. The van der Waals surface area contributed by atoms with Crippen molar-refractivity contribution in [2.45, 2.75) is 143 Å². The summed E-state index contributed by atoms with van der Waals surface area (Å²) in [6, 6.07) is 0. The zero-order chi connectivity index (χ0) is 25.1. The third-order valence-corrected chi connectivity index (χ3v) is 18.2. The molecule has 0 aromatic heterocycles. The average molecular weight is 485 g/mol. The summed E-state index contributed by atoms with van der Waals surface area (Å²) in [6.45, 7) is 24.8. The molecule has 0 saturated heterocycles. The minimum absolute atomic E-state index is 0.372. The second-order valence-electron chi connectivity index (χ2n) is 14.3. The Kier molecular flexibility index (Phi) is 7.47. The third-order valence-electron chi connectivity index (χ3n) is 12.0. The minimum atomic E-state index is -1.82. The van der Waals surface area contributed by atoms with Gasteiger partial charge in [0, 0.05) is 6.10 Å². The molecule has 0 spiro atoms. The zero-order valence-corrected chi connectivity index (χ0v) is 25.3. The van der Waals surface area contributed by atoms with Gasteiger partial charge in [-0.25, -0.2) is 0 Å². The molecule has 0 amide bonds. The minimum Gasteiger partial charge on any atom is -0.413 e. The van der Waals surface area contributed by atoms with E-state index in [2.05, 4.69) is 81.4 Å². The maximum Gasteiger partial charge on any atom is 0.200 e. The molecule has 0 bridgehead atoms. The molecule has 4 aliphatic rings. The standard InChI is InChI=1S/C32H56OSi/c1-11-24(8)28-14-15-29-27-13-12-25-20-26(33-34(21(2)3,22(4)5)23(6)7)16-18-31(25,9)30(27)17-19-32(28,29)10/h12-13,21-24,26,28-30H,11,14-20H2,1-10H3/t24-,26-,28+,29-,30-,31-,32+/m0/s1. The molecule has 0 aliphatic heterocycles. The Bertz CT molecular complexity index is 784. The number of hydrogen-bond acceptors (Lipinski definition) is 1. The van der Waals surface area contributed by atoms with E-state index in [1.165, 1.54) is 51.4 Å². The smallest absolute Gasteiger partial charge is 0.200 e. The molecule has 0 radical (unpaired) electrons. The molecule has 0 N–H and O–H groups in total. The van der Waals surface area contributed by atoms with E-state index < -0.39 is 8.32 Å². The van der Waals surface area contributed by atoms with Crippen LogP contribution in [-0.4, -0.2) is 14.4 Å². The summed E-state index contributed by atoms with van der Waals surface area (Å²) >= 11 is 0. The quantitative estimate of drug-likeness (QED) is 0.326. The molecule has 4 aliphatic carbocycles. The SMILES string of the molecule is CC[C@H](C)[C@H]1CC[C@H]2C3=CC=C4C[C@@H](O[Si](C(C)C)(C(C)C)C(C)C)CC[C@]4(C)[C@H]3CC[C@]12C. The molecule has 0 aromatic rings. The molecule has 0 unspecified atom stereocenters. The second kappa shape index (κ2) is 9.51. The van der Waals surface area contributed by atoms with E-state index in [1.807, 2.05) is 5.57 Å². The predicted octanol–water partition coefficient (Wildman–Crippen LogP) is 10.1. The Morgan fingerprint density at radius 2 is 1.50 bits per heavy atom. The number of rotatable bonds is 7. The van der Waals surface area contributed by atoms with Gasteiger partial charge >= 0.3 is 0 Å². The average Bonchev–Trinajstić information content (AvgIpc) is 3.13. The molecule has 0 aromatic carbocycles. The van der Waals surface area contributed by atoms with Crippen LogP contribution in [0.3, 0.4) is 0 Å². The first-order valence-corrected chi connectivity index (χ1v) is 17.1. The third kappa shape index (κ3) is 3.96. The van der Waals surface area contributed by atoms with Crippen molar-refractivity contribution in [3.8, 4) is 0 Å². The molecule has 2 heteroatoms. The van der Waals surface area contributed by atoms with E-state index in [0.29, 0.717) is 33.6 Å². The zero-order valence-electron chi connectivity index (χ0n) is 24.3. The van der Waals surface area contributed by atoms with E-state index >= 15 is 0 Å². The topological polar surface area (TPSA) is 9.23 Å². The molecule has 4 rings (SSSR count). The Hall–Kier alpha value is -0.343. The van der Waals surface area contributed by atoms with Gasteiger partial charge in [-0.2, -0.15) is 0 Å². The number of allylic oxidation sites excluding steroid dienone is 3. The lowest BCUT2D eigenvalue weighted by Crippen LogP contribution is -2.52. The van der Waals surface area contributed by atoms with Crippen molar-refractivity contribution < 1.29 is 4.43 Å². The first-order valence-electron chi connectivity index (χ1n) is 15.0. The van der Waals surface area contributed by atoms with E-state index in [1.54, 1.807) is 5.57 Å². The fourth-order valence-corrected chi connectivity index (χ4v) is 15.6. The van der Waals surface area contributed by atoms with Crippen LogP contribution in [-0.2, 0) is 4.43 Å². The van der Waals surface area contributed by atoms with Gasteiger partial charge in [0.1, 0.15) is 0 Å². The van der Waals surface area contributed by atoms with Crippen molar-refractivity contribution in [2.75, 3.05) is 0 Å². The van der Waals surface area contributed by atoms with Crippen LogP contribution in [0.25, 0.3) is 0 Å². The highest BCUT2D eigenvalue weighted by Crippen LogP contribution is 2.66. The van der Waals surface area contributed by atoms with Crippen LogP contribution in [0.15, 0.2) is 23.3 Å². The highest BCUT2D eigenvalue weighted by atomic mass is 28.4. The summed E-state index contributed by atoms with van der Waals surface area (Å²) in [6.07, 6.45) is 16.5. The molecule has 194 valence electrons. The predicted molar refractivity (Wildman–Crippen MR) is 151 cm³/mol. The molecule has 3 fully saturated rings. The summed E-state index contributed by atoms with van der Waals surface area (Å²) < 4.78 is 7.31. The van der Waals surface area contributed by atoms with Gasteiger partial charge in [-0.3, -0.25) is 0 Å². The van der Waals surface area contributed by atoms with Gasteiger partial charge in [0.15, 0.2) is 0 Å². The highest BCUT2D eigenvalue weighted by Gasteiger charge is 2.57. The number of hydrogen-bond donors (Lipinski definition) is 0. The number of fused-ring (bicyclic) bond motifs is 5. The molecular weight excluding hydrogens is 428 g/mol. The monoisotopic (exact) mass is 484 g/mol. The van der Waals surface area contributed by atoms with Gasteiger partial charge in [0.05, 0.1) is 0 Å². The lowest BCUT2D eigenvalue weighted by atomic mass is 9.50. The highest BCUT2D eigenvalue weighted by molar-refractivity contribution is 6.77. The van der Waals surface area contributed by atoms with E-state index in [4.69, 9.17) is 4.43 Å². The van der Waals surface area contributed by atoms with Gasteiger partial charge in [0.2, 0.25) is 8.32 Å². The molecule has 0 heterocycles. The van der Waals surface area contributed by atoms with Gasteiger partial charge in [0.25, 0.3) is 0 Å². The molecular formula is C32H56OSi. The van der Waals surface area contributed by atoms with Crippen LogP contribution >= 0.6 is 0 Å². The second-order valence-corrected chi connectivity index (χ2v) is 19.7. The van der Waals surface area contributed by atoms with Crippen LogP contribution < -0.4 is 0 Å². The van der Waals surface area contributed by atoms with Crippen molar-refractivity contribution in [2.24, 2.45) is 34.5 Å². The molecule has 34 heavy (non-hydrogen) atoms. The fraction of sp³-hybridized carbons (Fsp3) is 0.875.